The normalized spacial score (nSPS) is 18.9. The number of ether oxygens (including phenoxy) is 1. The molecule has 1 aromatic carbocycles. The second-order valence-corrected chi connectivity index (χ2v) is 4.24. The van der Waals surface area contributed by atoms with E-state index in [2.05, 4.69) is 13.8 Å². The van der Waals surface area contributed by atoms with Crippen LogP contribution in [0.25, 0.3) is 0 Å². The molecular weight excluding hydrogens is 162 g/mol. The zero-order chi connectivity index (χ0) is 9.47. The Morgan fingerprint density at radius 2 is 2.15 bits per heavy atom. The Kier molecular flexibility index (Phi) is 1.72. The quantitative estimate of drug-likeness (QED) is 0.617. The maximum atomic E-state index is 5.75. The molecule has 2 N–H and O–H groups in total. The van der Waals surface area contributed by atoms with Gasteiger partial charge in [-0.1, -0.05) is 13.8 Å². The van der Waals surface area contributed by atoms with E-state index in [0.717, 1.165) is 24.5 Å². The van der Waals surface area contributed by atoms with Gasteiger partial charge in [0.25, 0.3) is 0 Å². The van der Waals surface area contributed by atoms with Crippen molar-refractivity contribution in [3.63, 3.8) is 0 Å². The van der Waals surface area contributed by atoms with Crippen LogP contribution in [0.3, 0.4) is 0 Å². The predicted molar refractivity (Wildman–Crippen MR) is 54.0 cm³/mol. The molecule has 0 saturated heterocycles. The van der Waals surface area contributed by atoms with Crippen molar-refractivity contribution in [1.82, 2.24) is 0 Å². The lowest BCUT2D eigenvalue weighted by molar-refractivity contribution is 0.234. The molecule has 0 radical (unpaired) electrons. The molecule has 1 aromatic rings. The number of anilines is 1. The number of hydrogen-bond donors (Lipinski definition) is 1. The van der Waals surface area contributed by atoms with E-state index in [1.165, 1.54) is 5.56 Å². The highest BCUT2D eigenvalue weighted by atomic mass is 16.5. The summed E-state index contributed by atoms with van der Waals surface area (Å²) in [6.07, 6.45) is 1.06. The van der Waals surface area contributed by atoms with Gasteiger partial charge in [0, 0.05) is 11.3 Å². The van der Waals surface area contributed by atoms with Crippen LogP contribution in [0.5, 0.6) is 5.75 Å². The minimum Gasteiger partial charge on any atom is -0.493 e. The zero-order valence-corrected chi connectivity index (χ0v) is 8.13. The summed E-state index contributed by atoms with van der Waals surface area (Å²) >= 11 is 0. The average Bonchev–Trinajstić information content (AvgIpc) is 2.06. The van der Waals surface area contributed by atoms with Gasteiger partial charge in [0.1, 0.15) is 5.75 Å². The zero-order valence-electron chi connectivity index (χ0n) is 8.13. The van der Waals surface area contributed by atoms with Crippen molar-refractivity contribution in [1.29, 1.82) is 0 Å². The molecule has 2 heteroatoms. The fourth-order valence-electron chi connectivity index (χ4n) is 1.75. The smallest absolute Gasteiger partial charge is 0.123 e. The monoisotopic (exact) mass is 177 g/mol. The van der Waals surface area contributed by atoms with Crippen LogP contribution in [-0.2, 0) is 5.41 Å². The Labute approximate surface area is 78.7 Å². The first kappa shape index (κ1) is 8.42. The third kappa shape index (κ3) is 1.37. The van der Waals surface area contributed by atoms with E-state index < -0.39 is 0 Å². The second-order valence-electron chi connectivity index (χ2n) is 4.24. The highest BCUT2D eigenvalue weighted by Gasteiger charge is 2.28. The molecule has 0 saturated carbocycles. The largest absolute Gasteiger partial charge is 0.493 e. The standard InChI is InChI=1S/C11H15NO/c1-11(2)5-6-13-10-4-3-8(12)7-9(10)11/h3-4,7H,5-6,12H2,1-2H3. The van der Waals surface area contributed by atoms with Crippen molar-refractivity contribution in [3.05, 3.63) is 23.8 Å². The molecule has 0 fully saturated rings. The summed E-state index contributed by atoms with van der Waals surface area (Å²) in [6.45, 7) is 5.27. The van der Waals surface area contributed by atoms with E-state index in [9.17, 15) is 0 Å². The molecule has 0 atom stereocenters. The lowest BCUT2D eigenvalue weighted by atomic mass is 9.80. The molecule has 0 aromatic heterocycles. The van der Waals surface area contributed by atoms with Crippen molar-refractivity contribution in [3.8, 4) is 5.75 Å². The summed E-state index contributed by atoms with van der Waals surface area (Å²) < 4.78 is 5.56. The lowest BCUT2D eigenvalue weighted by Gasteiger charge is -2.32. The van der Waals surface area contributed by atoms with Gasteiger partial charge in [0.2, 0.25) is 0 Å². The maximum Gasteiger partial charge on any atom is 0.123 e. The van der Waals surface area contributed by atoms with Crippen LogP contribution in [-0.4, -0.2) is 6.61 Å². The van der Waals surface area contributed by atoms with Gasteiger partial charge >= 0.3 is 0 Å². The number of nitrogen functional groups attached to an aromatic ring is 1. The fourth-order valence-corrected chi connectivity index (χ4v) is 1.75. The fraction of sp³-hybridized carbons (Fsp3) is 0.455. The van der Waals surface area contributed by atoms with Crippen molar-refractivity contribution < 1.29 is 4.74 Å². The van der Waals surface area contributed by atoms with E-state index in [0.29, 0.717) is 0 Å². The third-order valence-electron chi connectivity index (χ3n) is 2.72. The molecule has 1 aliphatic rings. The molecule has 0 bridgehead atoms. The number of fused-ring (bicyclic) bond motifs is 1. The van der Waals surface area contributed by atoms with Crippen LogP contribution >= 0.6 is 0 Å². The first-order chi connectivity index (χ1) is 6.09. The highest BCUT2D eigenvalue weighted by molar-refractivity contribution is 5.51. The molecule has 0 amide bonds. The summed E-state index contributed by atoms with van der Waals surface area (Å²) in [6, 6.07) is 5.88. The molecule has 0 unspecified atom stereocenters. The summed E-state index contributed by atoms with van der Waals surface area (Å²) in [5.41, 5.74) is 8.00. The van der Waals surface area contributed by atoms with Crippen LogP contribution in [0, 0.1) is 0 Å². The molecule has 1 aliphatic heterocycles. The van der Waals surface area contributed by atoms with Gasteiger partial charge in [-0.3, -0.25) is 0 Å². The van der Waals surface area contributed by atoms with E-state index in [-0.39, 0.29) is 5.41 Å². The van der Waals surface area contributed by atoms with Gasteiger partial charge in [-0.25, -0.2) is 0 Å². The van der Waals surface area contributed by atoms with Gasteiger partial charge in [0.05, 0.1) is 6.61 Å². The first-order valence-corrected chi connectivity index (χ1v) is 4.62. The number of benzene rings is 1. The first-order valence-electron chi connectivity index (χ1n) is 4.62. The molecule has 2 rings (SSSR count). The number of rotatable bonds is 0. The van der Waals surface area contributed by atoms with Gasteiger partial charge in [0.15, 0.2) is 0 Å². The van der Waals surface area contributed by atoms with Gasteiger partial charge in [-0.05, 0) is 30.0 Å². The van der Waals surface area contributed by atoms with E-state index in [1.54, 1.807) is 0 Å². The molecule has 1 heterocycles. The Morgan fingerprint density at radius 1 is 1.38 bits per heavy atom. The van der Waals surface area contributed by atoms with E-state index >= 15 is 0 Å². The van der Waals surface area contributed by atoms with E-state index in [4.69, 9.17) is 10.5 Å². The summed E-state index contributed by atoms with van der Waals surface area (Å²) in [7, 11) is 0. The van der Waals surface area contributed by atoms with Crippen LogP contribution < -0.4 is 10.5 Å². The molecule has 70 valence electrons. The van der Waals surface area contributed by atoms with Crippen LogP contribution in [0.4, 0.5) is 5.69 Å². The Bertz CT molecular complexity index is 331. The molecule has 13 heavy (non-hydrogen) atoms. The lowest BCUT2D eigenvalue weighted by Crippen LogP contribution is -2.26. The third-order valence-corrected chi connectivity index (χ3v) is 2.72. The Hall–Kier alpha value is -1.18. The van der Waals surface area contributed by atoms with Crippen molar-refractivity contribution in [2.45, 2.75) is 25.7 Å². The van der Waals surface area contributed by atoms with Crippen molar-refractivity contribution >= 4 is 5.69 Å². The van der Waals surface area contributed by atoms with Crippen LogP contribution in [0.15, 0.2) is 18.2 Å². The maximum absolute atomic E-state index is 5.75. The topological polar surface area (TPSA) is 35.2 Å². The van der Waals surface area contributed by atoms with Gasteiger partial charge in [-0.15, -0.1) is 0 Å². The molecule has 2 nitrogen and oxygen atoms in total. The van der Waals surface area contributed by atoms with E-state index in [1.807, 2.05) is 18.2 Å². The van der Waals surface area contributed by atoms with Crippen LogP contribution in [0.2, 0.25) is 0 Å². The molecule has 0 spiro atoms. The molecule has 0 aliphatic carbocycles. The summed E-state index contributed by atoms with van der Waals surface area (Å²) in [5.74, 6) is 0.991. The Balaban J connectivity index is 2.55. The van der Waals surface area contributed by atoms with Gasteiger partial charge in [-0.2, -0.15) is 0 Å². The van der Waals surface area contributed by atoms with Gasteiger partial charge < -0.3 is 10.5 Å². The minimum atomic E-state index is 0.197. The predicted octanol–water partition coefficient (Wildman–Crippen LogP) is 2.33. The molecular formula is C11H15NO. The SMILES string of the molecule is CC1(C)CCOc2ccc(N)cc21. The Morgan fingerprint density at radius 3 is 2.92 bits per heavy atom. The second kappa shape index (κ2) is 2.66. The highest BCUT2D eigenvalue weighted by Crippen LogP contribution is 2.38. The summed E-state index contributed by atoms with van der Waals surface area (Å²) in [5, 5.41) is 0. The number of nitrogens with two attached hydrogens (primary N) is 1. The summed E-state index contributed by atoms with van der Waals surface area (Å²) in [4.78, 5) is 0. The minimum absolute atomic E-state index is 0.197. The van der Waals surface area contributed by atoms with Crippen LogP contribution in [0.1, 0.15) is 25.8 Å². The van der Waals surface area contributed by atoms with Crippen molar-refractivity contribution in [2.75, 3.05) is 12.3 Å². The van der Waals surface area contributed by atoms with Crippen molar-refractivity contribution in [2.24, 2.45) is 0 Å². The average molecular weight is 177 g/mol. The number of hydrogen-bond acceptors (Lipinski definition) is 2.